The Morgan fingerprint density at radius 1 is 1.50 bits per heavy atom. The molecule has 0 radical (unpaired) electrons. The van der Waals surface area contributed by atoms with Crippen molar-refractivity contribution in [2.24, 2.45) is 5.84 Å². The van der Waals surface area contributed by atoms with Crippen molar-refractivity contribution in [3.05, 3.63) is 27.3 Å². The van der Waals surface area contributed by atoms with Crippen molar-refractivity contribution in [1.29, 1.82) is 0 Å². The molecule has 0 aliphatic carbocycles. The standard InChI is InChI=1S/C7H9IN2/c1-5-2-3-6(8)7(4-5)10-9/h2-4,10H,9H2,1H3. The quantitative estimate of drug-likeness (QED) is 0.452. The lowest BCUT2D eigenvalue weighted by molar-refractivity contribution is 1.32. The highest BCUT2D eigenvalue weighted by atomic mass is 127. The van der Waals surface area contributed by atoms with E-state index < -0.39 is 0 Å². The van der Waals surface area contributed by atoms with Gasteiger partial charge in [-0.05, 0) is 47.2 Å². The van der Waals surface area contributed by atoms with Crippen LogP contribution < -0.4 is 11.3 Å². The normalized spacial score (nSPS) is 9.50. The third kappa shape index (κ3) is 1.60. The zero-order valence-corrected chi connectivity index (χ0v) is 7.84. The number of benzene rings is 1. The lowest BCUT2D eigenvalue weighted by atomic mass is 10.2. The number of halogens is 1. The van der Waals surface area contributed by atoms with E-state index in [0.29, 0.717) is 0 Å². The summed E-state index contributed by atoms with van der Waals surface area (Å²) in [7, 11) is 0. The minimum Gasteiger partial charge on any atom is -0.323 e. The molecule has 1 aromatic carbocycles. The number of nitrogens with two attached hydrogens (primary N) is 1. The summed E-state index contributed by atoms with van der Waals surface area (Å²) < 4.78 is 1.14. The average Bonchev–Trinajstić information content (AvgIpc) is 1.94. The molecule has 3 N–H and O–H groups in total. The summed E-state index contributed by atoms with van der Waals surface area (Å²) >= 11 is 2.23. The number of hydrogen-bond acceptors (Lipinski definition) is 2. The van der Waals surface area contributed by atoms with E-state index in [-0.39, 0.29) is 0 Å². The topological polar surface area (TPSA) is 38.0 Å². The Morgan fingerprint density at radius 2 is 2.20 bits per heavy atom. The van der Waals surface area contributed by atoms with E-state index in [2.05, 4.69) is 34.1 Å². The van der Waals surface area contributed by atoms with Gasteiger partial charge < -0.3 is 5.43 Å². The molecule has 10 heavy (non-hydrogen) atoms. The van der Waals surface area contributed by atoms with E-state index >= 15 is 0 Å². The fourth-order valence-electron chi connectivity index (χ4n) is 0.750. The van der Waals surface area contributed by atoms with E-state index in [1.165, 1.54) is 5.56 Å². The number of hydrogen-bond donors (Lipinski definition) is 2. The van der Waals surface area contributed by atoms with Crippen LogP contribution in [0.2, 0.25) is 0 Å². The minimum absolute atomic E-state index is 0.987. The van der Waals surface area contributed by atoms with Crippen molar-refractivity contribution >= 4 is 28.3 Å². The second-order valence-electron chi connectivity index (χ2n) is 2.13. The predicted octanol–water partition coefficient (Wildman–Crippen LogP) is 1.89. The number of nitrogen functional groups attached to an aromatic ring is 1. The molecule has 0 fully saturated rings. The van der Waals surface area contributed by atoms with Gasteiger partial charge in [0.1, 0.15) is 0 Å². The van der Waals surface area contributed by atoms with E-state index in [1.807, 2.05) is 19.1 Å². The molecule has 0 saturated carbocycles. The largest absolute Gasteiger partial charge is 0.323 e. The molecule has 0 aliphatic heterocycles. The van der Waals surface area contributed by atoms with Crippen LogP contribution >= 0.6 is 22.6 Å². The molecule has 2 nitrogen and oxygen atoms in total. The predicted molar refractivity (Wildman–Crippen MR) is 51.7 cm³/mol. The van der Waals surface area contributed by atoms with E-state index in [4.69, 9.17) is 5.84 Å². The molecule has 0 unspecified atom stereocenters. The molecule has 54 valence electrons. The fraction of sp³-hybridized carbons (Fsp3) is 0.143. The van der Waals surface area contributed by atoms with Crippen molar-refractivity contribution in [1.82, 2.24) is 0 Å². The van der Waals surface area contributed by atoms with Gasteiger partial charge in [-0.25, -0.2) is 0 Å². The molecule has 0 bridgehead atoms. The van der Waals surface area contributed by atoms with Gasteiger partial charge in [-0.1, -0.05) is 6.07 Å². The number of anilines is 1. The van der Waals surface area contributed by atoms with Crippen LogP contribution in [0.5, 0.6) is 0 Å². The highest BCUT2D eigenvalue weighted by molar-refractivity contribution is 14.1. The van der Waals surface area contributed by atoms with Gasteiger partial charge in [-0.2, -0.15) is 0 Å². The van der Waals surface area contributed by atoms with Crippen molar-refractivity contribution < 1.29 is 0 Å². The van der Waals surface area contributed by atoms with Gasteiger partial charge >= 0.3 is 0 Å². The monoisotopic (exact) mass is 248 g/mol. The highest BCUT2D eigenvalue weighted by Gasteiger charge is 1.94. The van der Waals surface area contributed by atoms with E-state index in [9.17, 15) is 0 Å². The van der Waals surface area contributed by atoms with Crippen molar-refractivity contribution in [3.8, 4) is 0 Å². The van der Waals surface area contributed by atoms with Crippen molar-refractivity contribution in [3.63, 3.8) is 0 Å². The third-order valence-corrected chi connectivity index (χ3v) is 2.22. The molecule has 1 aromatic rings. The first-order valence-electron chi connectivity index (χ1n) is 2.97. The molecule has 0 spiro atoms. The summed E-state index contributed by atoms with van der Waals surface area (Å²) in [4.78, 5) is 0. The van der Waals surface area contributed by atoms with Gasteiger partial charge in [0.25, 0.3) is 0 Å². The van der Waals surface area contributed by atoms with Crippen LogP contribution in [0, 0.1) is 10.5 Å². The number of hydrazine groups is 1. The van der Waals surface area contributed by atoms with Crippen LogP contribution in [-0.4, -0.2) is 0 Å². The molecule has 0 amide bonds. The lowest BCUT2D eigenvalue weighted by Gasteiger charge is -2.02. The van der Waals surface area contributed by atoms with Gasteiger partial charge in [0.05, 0.1) is 5.69 Å². The summed E-state index contributed by atoms with van der Waals surface area (Å²) in [5.41, 5.74) is 4.83. The molecule has 0 atom stereocenters. The van der Waals surface area contributed by atoms with Gasteiger partial charge in [0.2, 0.25) is 0 Å². The summed E-state index contributed by atoms with van der Waals surface area (Å²) in [5.74, 6) is 5.26. The van der Waals surface area contributed by atoms with E-state index in [1.54, 1.807) is 0 Å². The number of aryl methyl sites for hydroxylation is 1. The molecule has 1 rings (SSSR count). The summed E-state index contributed by atoms with van der Waals surface area (Å²) in [5, 5.41) is 0. The van der Waals surface area contributed by atoms with Crippen molar-refractivity contribution in [2.45, 2.75) is 6.92 Å². The maximum atomic E-state index is 5.26. The zero-order valence-electron chi connectivity index (χ0n) is 5.69. The molecular weight excluding hydrogens is 239 g/mol. The summed E-state index contributed by atoms with van der Waals surface area (Å²) in [6.45, 7) is 2.04. The van der Waals surface area contributed by atoms with Crippen LogP contribution in [0.4, 0.5) is 5.69 Å². The fourth-order valence-corrected chi connectivity index (χ4v) is 1.24. The van der Waals surface area contributed by atoms with Crippen LogP contribution in [-0.2, 0) is 0 Å². The van der Waals surface area contributed by atoms with Crippen LogP contribution in [0.15, 0.2) is 18.2 Å². The molecule has 0 saturated heterocycles. The Morgan fingerprint density at radius 3 is 2.70 bits per heavy atom. The smallest absolute Gasteiger partial charge is 0.0621 e. The Hall–Kier alpha value is -0.290. The molecule has 0 heterocycles. The van der Waals surface area contributed by atoms with Gasteiger partial charge in [-0.3, -0.25) is 5.84 Å². The number of nitrogens with one attached hydrogen (secondary N) is 1. The van der Waals surface area contributed by atoms with Crippen LogP contribution in [0.1, 0.15) is 5.56 Å². The van der Waals surface area contributed by atoms with Gasteiger partial charge in [-0.15, -0.1) is 0 Å². The van der Waals surface area contributed by atoms with Gasteiger partial charge in [0, 0.05) is 3.57 Å². The Labute approximate surface area is 73.9 Å². The highest BCUT2D eigenvalue weighted by Crippen LogP contribution is 2.17. The second-order valence-corrected chi connectivity index (χ2v) is 3.29. The Bertz CT molecular complexity index is 235. The van der Waals surface area contributed by atoms with Crippen molar-refractivity contribution in [2.75, 3.05) is 5.43 Å². The first kappa shape index (κ1) is 7.81. The average molecular weight is 248 g/mol. The molecule has 0 aliphatic rings. The third-order valence-electron chi connectivity index (χ3n) is 1.28. The minimum atomic E-state index is 0.987. The van der Waals surface area contributed by atoms with Gasteiger partial charge in [0.15, 0.2) is 0 Å². The van der Waals surface area contributed by atoms with Crippen LogP contribution in [0.3, 0.4) is 0 Å². The maximum Gasteiger partial charge on any atom is 0.0621 e. The SMILES string of the molecule is Cc1ccc(I)c(NN)c1. The molecule has 0 aromatic heterocycles. The molecular formula is C7H9IN2. The first-order chi connectivity index (χ1) is 4.74. The second kappa shape index (κ2) is 3.21. The lowest BCUT2D eigenvalue weighted by Crippen LogP contribution is -2.08. The Kier molecular flexibility index (Phi) is 2.50. The first-order valence-corrected chi connectivity index (χ1v) is 4.04. The maximum absolute atomic E-state index is 5.26. The molecule has 3 heteroatoms. The van der Waals surface area contributed by atoms with Crippen LogP contribution in [0.25, 0.3) is 0 Å². The summed E-state index contributed by atoms with van der Waals surface area (Å²) in [6, 6.07) is 6.11. The zero-order chi connectivity index (χ0) is 7.56. The van der Waals surface area contributed by atoms with E-state index in [0.717, 1.165) is 9.26 Å². The summed E-state index contributed by atoms with van der Waals surface area (Å²) in [6.07, 6.45) is 0. The number of rotatable bonds is 1. The Balaban J connectivity index is 3.09.